The number of hydrogen-bond acceptors (Lipinski definition) is 5. The summed E-state index contributed by atoms with van der Waals surface area (Å²) in [6, 6.07) is 3.84. The zero-order valence-corrected chi connectivity index (χ0v) is 10.6. The maximum absolute atomic E-state index is 4.52. The van der Waals surface area contributed by atoms with Gasteiger partial charge in [0.15, 0.2) is 5.13 Å². The van der Waals surface area contributed by atoms with E-state index in [9.17, 15) is 0 Å². The molecule has 1 N–H and O–H groups in total. The predicted molar refractivity (Wildman–Crippen MR) is 71.8 cm³/mol. The van der Waals surface area contributed by atoms with E-state index < -0.39 is 0 Å². The Morgan fingerprint density at radius 1 is 1.33 bits per heavy atom. The number of nitrogens with one attached hydrogen (secondary N) is 1. The fourth-order valence-corrected chi connectivity index (χ4v) is 2.32. The van der Waals surface area contributed by atoms with Crippen molar-refractivity contribution in [2.24, 2.45) is 7.05 Å². The summed E-state index contributed by atoms with van der Waals surface area (Å²) in [6.45, 7) is 0. The highest BCUT2D eigenvalue weighted by molar-refractivity contribution is 7.14. The Bertz CT molecular complexity index is 643. The number of aromatic nitrogens is 4. The van der Waals surface area contributed by atoms with Gasteiger partial charge in [0, 0.05) is 30.4 Å². The Kier molecular flexibility index (Phi) is 2.77. The molecule has 5 nitrogen and oxygen atoms in total. The topological polar surface area (TPSA) is 55.6 Å². The van der Waals surface area contributed by atoms with Crippen LogP contribution in [0.25, 0.3) is 11.3 Å². The molecule has 90 valence electrons. The number of anilines is 2. The minimum atomic E-state index is 0.849. The SMILES string of the molecule is Cn1cc(-c2csc(Nc3cccnc3)n2)cn1. The van der Waals surface area contributed by atoms with E-state index in [0.717, 1.165) is 22.1 Å². The molecule has 0 aliphatic rings. The molecule has 3 aromatic rings. The van der Waals surface area contributed by atoms with Crippen molar-refractivity contribution in [1.82, 2.24) is 19.7 Å². The van der Waals surface area contributed by atoms with Crippen molar-refractivity contribution >= 4 is 22.2 Å². The molecule has 6 heteroatoms. The molecule has 0 saturated carbocycles. The highest BCUT2D eigenvalue weighted by atomic mass is 32.1. The summed E-state index contributed by atoms with van der Waals surface area (Å²) in [6.07, 6.45) is 7.27. The van der Waals surface area contributed by atoms with Gasteiger partial charge in [-0.25, -0.2) is 4.98 Å². The number of thiazole rings is 1. The van der Waals surface area contributed by atoms with Crippen molar-refractivity contribution in [3.63, 3.8) is 0 Å². The van der Waals surface area contributed by atoms with Gasteiger partial charge >= 0.3 is 0 Å². The van der Waals surface area contributed by atoms with Crippen LogP contribution in [0.2, 0.25) is 0 Å². The summed E-state index contributed by atoms with van der Waals surface area (Å²) in [4.78, 5) is 8.57. The molecular formula is C12H11N5S. The normalized spacial score (nSPS) is 10.5. The van der Waals surface area contributed by atoms with E-state index in [2.05, 4.69) is 20.4 Å². The van der Waals surface area contributed by atoms with Crippen LogP contribution in [0, 0.1) is 0 Å². The van der Waals surface area contributed by atoms with Crippen LogP contribution in [0.5, 0.6) is 0 Å². The second-order valence-electron chi connectivity index (χ2n) is 3.81. The lowest BCUT2D eigenvalue weighted by atomic mass is 10.3. The first kappa shape index (κ1) is 10.9. The van der Waals surface area contributed by atoms with Gasteiger partial charge in [0.2, 0.25) is 0 Å². The molecule has 0 saturated heterocycles. The first-order valence-electron chi connectivity index (χ1n) is 5.43. The lowest BCUT2D eigenvalue weighted by molar-refractivity contribution is 0.768. The molecule has 3 aromatic heterocycles. The highest BCUT2D eigenvalue weighted by Crippen LogP contribution is 2.26. The largest absolute Gasteiger partial charge is 0.330 e. The van der Waals surface area contributed by atoms with Crippen molar-refractivity contribution in [1.29, 1.82) is 0 Å². The Morgan fingerprint density at radius 2 is 2.28 bits per heavy atom. The molecule has 0 bridgehead atoms. The summed E-state index contributed by atoms with van der Waals surface area (Å²) in [5.74, 6) is 0. The fraction of sp³-hybridized carbons (Fsp3) is 0.0833. The van der Waals surface area contributed by atoms with E-state index in [1.807, 2.05) is 37.0 Å². The van der Waals surface area contributed by atoms with E-state index in [-0.39, 0.29) is 0 Å². The van der Waals surface area contributed by atoms with Crippen molar-refractivity contribution in [3.05, 3.63) is 42.3 Å². The first-order chi connectivity index (χ1) is 8.81. The number of aryl methyl sites for hydroxylation is 1. The maximum atomic E-state index is 4.52. The fourth-order valence-electron chi connectivity index (χ4n) is 1.58. The zero-order chi connectivity index (χ0) is 12.4. The van der Waals surface area contributed by atoms with Crippen molar-refractivity contribution in [2.75, 3.05) is 5.32 Å². The van der Waals surface area contributed by atoms with Crippen LogP contribution in [-0.2, 0) is 7.05 Å². The third-order valence-corrected chi connectivity index (χ3v) is 3.18. The van der Waals surface area contributed by atoms with Crippen LogP contribution < -0.4 is 5.32 Å². The quantitative estimate of drug-likeness (QED) is 0.783. The van der Waals surface area contributed by atoms with Crippen LogP contribution in [0.15, 0.2) is 42.3 Å². The standard InChI is InChI=1S/C12H11N5S/c1-17-7-9(5-14-17)11-8-18-12(16-11)15-10-3-2-4-13-6-10/h2-8H,1H3,(H,15,16). The van der Waals surface area contributed by atoms with Crippen LogP contribution >= 0.6 is 11.3 Å². The van der Waals surface area contributed by atoms with Gasteiger partial charge in [-0.1, -0.05) is 0 Å². The molecule has 0 radical (unpaired) electrons. The van der Waals surface area contributed by atoms with E-state index in [4.69, 9.17) is 0 Å². The summed E-state index contributed by atoms with van der Waals surface area (Å²) in [5.41, 5.74) is 2.89. The molecule has 0 atom stereocenters. The van der Waals surface area contributed by atoms with Gasteiger partial charge in [-0.05, 0) is 12.1 Å². The molecule has 3 heterocycles. The van der Waals surface area contributed by atoms with Gasteiger partial charge in [-0.3, -0.25) is 9.67 Å². The zero-order valence-electron chi connectivity index (χ0n) is 9.74. The van der Waals surface area contributed by atoms with Gasteiger partial charge < -0.3 is 5.32 Å². The van der Waals surface area contributed by atoms with E-state index >= 15 is 0 Å². The monoisotopic (exact) mass is 257 g/mol. The Balaban J connectivity index is 1.82. The van der Waals surface area contributed by atoms with Gasteiger partial charge in [0.25, 0.3) is 0 Å². The molecule has 0 aliphatic heterocycles. The molecule has 3 rings (SSSR count). The number of pyridine rings is 1. The number of rotatable bonds is 3. The first-order valence-corrected chi connectivity index (χ1v) is 6.31. The number of hydrogen-bond donors (Lipinski definition) is 1. The Morgan fingerprint density at radius 3 is 3.00 bits per heavy atom. The third-order valence-electron chi connectivity index (χ3n) is 2.42. The molecule has 0 unspecified atom stereocenters. The second-order valence-corrected chi connectivity index (χ2v) is 4.67. The van der Waals surface area contributed by atoms with Gasteiger partial charge in [0.05, 0.1) is 23.8 Å². The molecule has 0 aliphatic carbocycles. The minimum Gasteiger partial charge on any atom is -0.330 e. The summed E-state index contributed by atoms with van der Waals surface area (Å²) in [7, 11) is 1.89. The second kappa shape index (κ2) is 4.58. The number of nitrogens with zero attached hydrogens (tertiary/aromatic N) is 4. The van der Waals surface area contributed by atoms with Gasteiger partial charge in [-0.15, -0.1) is 11.3 Å². The molecule has 18 heavy (non-hydrogen) atoms. The summed E-state index contributed by atoms with van der Waals surface area (Å²) >= 11 is 1.56. The van der Waals surface area contributed by atoms with Gasteiger partial charge in [0.1, 0.15) is 0 Å². The molecule has 0 spiro atoms. The molecule has 0 amide bonds. The van der Waals surface area contributed by atoms with Crippen molar-refractivity contribution in [3.8, 4) is 11.3 Å². The lowest BCUT2D eigenvalue weighted by Crippen LogP contribution is -1.89. The summed E-state index contributed by atoms with van der Waals surface area (Å²) in [5, 5.41) is 10.2. The summed E-state index contributed by atoms with van der Waals surface area (Å²) < 4.78 is 1.77. The highest BCUT2D eigenvalue weighted by Gasteiger charge is 2.06. The van der Waals surface area contributed by atoms with E-state index in [0.29, 0.717) is 0 Å². The molecule has 0 aromatic carbocycles. The van der Waals surface area contributed by atoms with Crippen LogP contribution in [0.4, 0.5) is 10.8 Å². The molecule has 0 fully saturated rings. The van der Waals surface area contributed by atoms with Crippen molar-refractivity contribution in [2.45, 2.75) is 0 Å². The minimum absolute atomic E-state index is 0.849. The van der Waals surface area contributed by atoms with Crippen LogP contribution in [-0.4, -0.2) is 19.7 Å². The smallest absolute Gasteiger partial charge is 0.187 e. The average Bonchev–Trinajstić information content (AvgIpc) is 2.99. The van der Waals surface area contributed by atoms with Crippen LogP contribution in [0.3, 0.4) is 0 Å². The lowest BCUT2D eigenvalue weighted by Gasteiger charge is -1.99. The maximum Gasteiger partial charge on any atom is 0.187 e. The average molecular weight is 257 g/mol. The molecular weight excluding hydrogens is 246 g/mol. The van der Waals surface area contributed by atoms with E-state index in [1.54, 1.807) is 28.4 Å². The third kappa shape index (κ3) is 2.23. The van der Waals surface area contributed by atoms with Gasteiger partial charge in [-0.2, -0.15) is 5.10 Å². The Labute approximate surface area is 108 Å². The van der Waals surface area contributed by atoms with Crippen LogP contribution in [0.1, 0.15) is 0 Å². The Hall–Kier alpha value is -2.21. The predicted octanol–water partition coefficient (Wildman–Crippen LogP) is 2.68. The van der Waals surface area contributed by atoms with E-state index in [1.165, 1.54) is 0 Å². The van der Waals surface area contributed by atoms with Crippen molar-refractivity contribution < 1.29 is 0 Å².